The minimum Gasteiger partial charge on any atom is -0.311 e. The van der Waals surface area contributed by atoms with Crippen molar-refractivity contribution in [2.45, 2.75) is 51.4 Å². The molecule has 2 atom stereocenters. The lowest BCUT2D eigenvalue weighted by Gasteiger charge is -2.44. The molecular weight excluding hydrogens is 248 g/mol. The van der Waals surface area contributed by atoms with Gasteiger partial charge in [-0.05, 0) is 26.7 Å². The van der Waals surface area contributed by atoms with E-state index in [1.165, 1.54) is 6.26 Å². The summed E-state index contributed by atoms with van der Waals surface area (Å²) in [5.74, 6) is 0.528. The number of rotatable bonds is 4. The first-order valence-electron chi connectivity index (χ1n) is 6.71. The Morgan fingerprint density at radius 3 is 2.39 bits per heavy atom. The second kappa shape index (κ2) is 5.47. The maximum Gasteiger partial charge on any atom is 0.153 e. The fourth-order valence-electron chi connectivity index (χ4n) is 2.45. The lowest BCUT2D eigenvalue weighted by molar-refractivity contribution is 0.0944. The van der Waals surface area contributed by atoms with Crippen LogP contribution in [0.5, 0.6) is 0 Å². The average Bonchev–Trinajstić information content (AvgIpc) is 2.14. The minimum absolute atomic E-state index is 0.419. The number of nitrogens with zero attached hydrogens (tertiary/aromatic N) is 1. The number of sulfone groups is 1. The molecule has 1 fully saturated rings. The first-order valence-corrected chi connectivity index (χ1v) is 8.61. The molecular formula is C13H28N2O2S. The molecule has 0 spiro atoms. The number of hydrogen-bond donors (Lipinski definition) is 1. The van der Waals surface area contributed by atoms with Crippen LogP contribution in [0.1, 0.15) is 34.6 Å². The number of hydrogen-bond acceptors (Lipinski definition) is 4. The van der Waals surface area contributed by atoms with E-state index in [4.69, 9.17) is 0 Å². The van der Waals surface area contributed by atoms with Crippen molar-refractivity contribution in [1.29, 1.82) is 0 Å². The van der Waals surface area contributed by atoms with Crippen LogP contribution in [0.2, 0.25) is 0 Å². The summed E-state index contributed by atoms with van der Waals surface area (Å²) in [6.45, 7) is 12.7. The predicted octanol–water partition coefficient (Wildman–Crippen LogP) is 1.13. The highest BCUT2D eigenvalue weighted by atomic mass is 32.2. The molecule has 1 rings (SSSR count). The van der Waals surface area contributed by atoms with Crippen LogP contribution in [0.3, 0.4) is 0 Å². The van der Waals surface area contributed by atoms with Crippen molar-refractivity contribution in [2.24, 2.45) is 5.92 Å². The van der Waals surface area contributed by atoms with Gasteiger partial charge in [-0.25, -0.2) is 8.42 Å². The Bertz CT molecular complexity index is 376. The van der Waals surface area contributed by atoms with E-state index >= 15 is 0 Å². The van der Waals surface area contributed by atoms with Crippen LogP contribution in [0.25, 0.3) is 0 Å². The molecule has 1 heterocycles. The van der Waals surface area contributed by atoms with Crippen LogP contribution in [0.15, 0.2) is 0 Å². The lowest BCUT2D eigenvalue weighted by atomic mass is 9.97. The summed E-state index contributed by atoms with van der Waals surface area (Å²) in [5.41, 5.74) is 0. The van der Waals surface area contributed by atoms with Crippen LogP contribution < -0.4 is 5.32 Å². The molecule has 108 valence electrons. The highest BCUT2D eigenvalue weighted by Crippen LogP contribution is 2.22. The van der Waals surface area contributed by atoms with Crippen molar-refractivity contribution in [3.05, 3.63) is 0 Å². The predicted molar refractivity (Wildman–Crippen MR) is 76.6 cm³/mol. The van der Waals surface area contributed by atoms with Crippen LogP contribution in [-0.4, -0.2) is 56.0 Å². The van der Waals surface area contributed by atoms with Gasteiger partial charge in [0.05, 0.1) is 4.75 Å². The summed E-state index contributed by atoms with van der Waals surface area (Å²) in [6, 6.07) is 0.845. The summed E-state index contributed by atoms with van der Waals surface area (Å²) in [4.78, 5) is 2.34. The van der Waals surface area contributed by atoms with Crippen LogP contribution in [0, 0.1) is 5.92 Å². The Morgan fingerprint density at radius 2 is 1.94 bits per heavy atom. The smallest absolute Gasteiger partial charge is 0.153 e. The Labute approximate surface area is 112 Å². The Kier molecular flexibility index (Phi) is 4.84. The topological polar surface area (TPSA) is 49.4 Å². The average molecular weight is 276 g/mol. The van der Waals surface area contributed by atoms with E-state index in [9.17, 15) is 8.42 Å². The molecule has 18 heavy (non-hydrogen) atoms. The third-order valence-electron chi connectivity index (χ3n) is 4.01. The molecule has 1 aliphatic heterocycles. The van der Waals surface area contributed by atoms with Gasteiger partial charge in [0, 0.05) is 38.0 Å². The van der Waals surface area contributed by atoms with Gasteiger partial charge in [0.1, 0.15) is 0 Å². The van der Waals surface area contributed by atoms with Gasteiger partial charge in [0.25, 0.3) is 0 Å². The third-order valence-corrected chi connectivity index (χ3v) is 6.15. The number of nitrogens with one attached hydrogen (secondary N) is 1. The van der Waals surface area contributed by atoms with Crippen molar-refractivity contribution in [2.75, 3.05) is 25.9 Å². The Hall–Kier alpha value is -0.130. The highest BCUT2D eigenvalue weighted by Gasteiger charge is 2.37. The fraction of sp³-hybridized carbons (Fsp3) is 1.00. The van der Waals surface area contributed by atoms with E-state index in [-0.39, 0.29) is 0 Å². The highest BCUT2D eigenvalue weighted by molar-refractivity contribution is 7.92. The van der Waals surface area contributed by atoms with Gasteiger partial charge in [-0.15, -0.1) is 0 Å². The van der Waals surface area contributed by atoms with Crippen LogP contribution in [0.4, 0.5) is 0 Å². The molecule has 0 aliphatic carbocycles. The van der Waals surface area contributed by atoms with E-state index in [1.54, 1.807) is 0 Å². The Balaban J connectivity index is 2.84. The fourth-order valence-corrected chi connectivity index (χ4v) is 2.85. The van der Waals surface area contributed by atoms with E-state index < -0.39 is 14.6 Å². The zero-order valence-corrected chi connectivity index (χ0v) is 13.3. The molecule has 5 heteroatoms. The molecule has 0 radical (unpaired) electrons. The molecule has 1 N–H and O–H groups in total. The van der Waals surface area contributed by atoms with Gasteiger partial charge < -0.3 is 5.32 Å². The van der Waals surface area contributed by atoms with Crippen molar-refractivity contribution in [3.8, 4) is 0 Å². The number of piperazine rings is 1. The largest absolute Gasteiger partial charge is 0.311 e. The first-order chi connectivity index (χ1) is 8.04. The van der Waals surface area contributed by atoms with Crippen LogP contribution in [-0.2, 0) is 9.84 Å². The third kappa shape index (κ3) is 3.68. The minimum atomic E-state index is -3.03. The summed E-state index contributed by atoms with van der Waals surface area (Å²) >= 11 is 0. The molecule has 4 nitrogen and oxygen atoms in total. The van der Waals surface area contributed by atoms with Crippen molar-refractivity contribution >= 4 is 9.84 Å². The van der Waals surface area contributed by atoms with Crippen molar-refractivity contribution < 1.29 is 8.42 Å². The molecule has 1 saturated heterocycles. The van der Waals surface area contributed by atoms with Crippen molar-refractivity contribution in [3.63, 3.8) is 0 Å². The monoisotopic (exact) mass is 276 g/mol. The molecule has 0 aromatic heterocycles. The van der Waals surface area contributed by atoms with E-state index in [1.807, 2.05) is 13.8 Å². The molecule has 2 unspecified atom stereocenters. The van der Waals surface area contributed by atoms with Gasteiger partial charge in [-0.2, -0.15) is 0 Å². The van der Waals surface area contributed by atoms with Gasteiger partial charge in [-0.1, -0.05) is 13.8 Å². The summed E-state index contributed by atoms with van der Waals surface area (Å²) < 4.78 is 23.0. The summed E-state index contributed by atoms with van der Waals surface area (Å²) in [7, 11) is -3.03. The standard InChI is InChI=1S/C13H28N2O2S/c1-10(2)12-7-14-11(3)8-15(12)9-13(4,5)18(6,16)17/h10-12,14H,7-9H2,1-6H3. The maximum absolute atomic E-state index is 11.8. The SMILES string of the molecule is CC1CN(CC(C)(C)S(C)(=O)=O)C(C(C)C)CN1. The van der Waals surface area contributed by atoms with Crippen molar-refractivity contribution in [1.82, 2.24) is 10.2 Å². The second-order valence-corrected chi connectivity index (χ2v) is 9.23. The molecule has 1 aliphatic rings. The Morgan fingerprint density at radius 1 is 1.39 bits per heavy atom. The van der Waals surface area contributed by atoms with E-state index in [0.717, 1.165) is 13.1 Å². The van der Waals surface area contributed by atoms with E-state index in [2.05, 4.69) is 31.0 Å². The van der Waals surface area contributed by atoms with Gasteiger partial charge in [0.15, 0.2) is 9.84 Å². The van der Waals surface area contributed by atoms with Gasteiger partial charge in [0.2, 0.25) is 0 Å². The molecule has 0 bridgehead atoms. The first kappa shape index (κ1) is 15.9. The van der Waals surface area contributed by atoms with Gasteiger partial charge in [-0.3, -0.25) is 4.90 Å². The summed E-state index contributed by atoms with van der Waals surface area (Å²) in [6.07, 6.45) is 1.34. The lowest BCUT2D eigenvalue weighted by Crippen LogP contribution is -2.60. The normalized spacial score (nSPS) is 27.7. The second-order valence-electron chi connectivity index (χ2n) is 6.58. The zero-order chi connectivity index (χ0) is 14.1. The molecule has 0 saturated carbocycles. The molecule has 0 aromatic rings. The molecule has 0 aromatic carbocycles. The van der Waals surface area contributed by atoms with E-state index in [0.29, 0.717) is 24.5 Å². The zero-order valence-electron chi connectivity index (χ0n) is 12.5. The molecule has 0 amide bonds. The summed E-state index contributed by atoms with van der Waals surface area (Å²) in [5, 5.41) is 3.48. The van der Waals surface area contributed by atoms with Crippen LogP contribution >= 0.6 is 0 Å². The maximum atomic E-state index is 11.8. The quantitative estimate of drug-likeness (QED) is 0.836. The van der Waals surface area contributed by atoms with Gasteiger partial charge >= 0.3 is 0 Å².